The average Bonchev–Trinajstić information content (AvgIpc) is 2.28. The lowest BCUT2D eigenvalue weighted by Crippen LogP contribution is -2.64. The summed E-state index contributed by atoms with van der Waals surface area (Å²) in [5.74, 6) is -0.136. The van der Waals surface area contributed by atoms with Crippen LogP contribution in [0.4, 0.5) is 0 Å². The molecular weight excluding hydrogens is 226 g/mol. The van der Waals surface area contributed by atoms with Gasteiger partial charge in [0.2, 0.25) is 5.91 Å². The van der Waals surface area contributed by atoms with Crippen LogP contribution in [0.25, 0.3) is 0 Å². The van der Waals surface area contributed by atoms with Crippen molar-refractivity contribution in [3.8, 4) is 0 Å². The van der Waals surface area contributed by atoms with Crippen LogP contribution >= 0.6 is 0 Å². The maximum absolute atomic E-state index is 11.2. The molecule has 0 bridgehead atoms. The number of methoxy groups -OCH3 is 3. The molecule has 17 heavy (non-hydrogen) atoms. The molecule has 100 valence electrons. The topological polar surface area (TPSA) is 66.0 Å². The largest absolute Gasteiger partial charge is 0.377 e. The zero-order chi connectivity index (χ0) is 13.0. The molecule has 6 nitrogen and oxygen atoms in total. The molecule has 5 atom stereocenters. The highest BCUT2D eigenvalue weighted by molar-refractivity contribution is 5.73. The Kier molecular flexibility index (Phi) is 5.32. The summed E-state index contributed by atoms with van der Waals surface area (Å²) in [5, 5.41) is 2.83. The highest BCUT2D eigenvalue weighted by atomic mass is 16.7. The molecule has 1 saturated heterocycles. The van der Waals surface area contributed by atoms with Crippen molar-refractivity contribution in [2.45, 2.75) is 44.5 Å². The van der Waals surface area contributed by atoms with Crippen LogP contribution in [0.5, 0.6) is 0 Å². The molecule has 0 spiro atoms. The summed E-state index contributed by atoms with van der Waals surface area (Å²) in [6.45, 7) is 3.34. The van der Waals surface area contributed by atoms with Crippen molar-refractivity contribution in [2.24, 2.45) is 0 Å². The first-order valence-corrected chi connectivity index (χ1v) is 5.56. The molecule has 1 fully saturated rings. The van der Waals surface area contributed by atoms with E-state index in [0.717, 1.165) is 0 Å². The predicted molar refractivity (Wildman–Crippen MR) is 60.5 cm³/mol. The molecule has 1 aliphatic heterocycles. The predicted octanol–water partition coefficient (Wildman–Crippen LogP) is -0.0877. The van der Waals surface area contributed by atoms with Gasteiger partial charge in [-0.3, -0.25) is 4.79 Å². The third kappa shape index (κ3) is 3.16. The van der Waals surface area contributed by atoms with Crippen LogP contribution in [-0.4, -0.2) is 57.9 Å². The summed E-state index contributed by atoms with van der Waals surface area (Å²) in [4.78, 5) is 11.2. The highest BCUT2D eigenvalue weighted by Crippen LogP contribution is 2.25. The number of hydrogen-bond acceptors (Lipinski definition) is 5. The summed E-state index contributed by atoms with van der Waals surface area (Å²) in [7, 11) is 4.68. The van der Waals surface area contributed by atoms with Gasteiger partial charge in [-0.1, -0.05) is 0 Å². The third-order valence-corrected chi connectivity index (χ3v) is 2.93. The van der Waals surface area contributed by atoms with Crippen molar-refractivity contribution >= 4 is 5.91 Å². The number of ether oxygens (including phenoxy) is 4. The van der Waals surface area contributed by atoms with E-state index in [0.29, 0.717) is 0 Å². The van der Waals surface area contributed by atoms with E-state index in [1.54, 1.807) is 21.3 Å². The number of amides is 1. The van der Waals surface area contributed by atoms with Crippen LogP contribution in [0, 0.1) is 0 Å². The summed E-state index contributed by atoms with van der Waals surface area (Å²) >= 11 is 0. The summed E-state index contributed by atoms with van der Waals surface area (Å²) in [6.07, 6.45) is -1.37. The zero-order valence-electron chi connectivity index (χ0n) is 10.9. The van der Waals surface area contributed by atoms with E-state index in [1.165, 1.54) is 6.92 Å². The Bertz CT molecular complexity index is 260. The Hall–Kier alpha value is -0.690. The van der Waals surface area contributed by atoms with Crippen molar-refractivity contribution in [1.29, 1.82) is 0 Å². The Morgan fingerprint density at radius 3 is 2.12 bits per heavy atom. The van der Waals surface area contributed by atoms with Gasteiger partial charge in [-0.2, -0.15) is 0 Å². The maximum atomic E-state index is 11.2. The van der Waals surface area contributed by atoms with Gasteiger partial charge in [-0.15, -0.1) is 0 Å². The van der Waals surface area contributed by atoms with Gasteiger partial charge >= 0.3 is 0 Å². The average molecular weight is 247 g/mol. The van der Waals surface area contributed by atoms with E-state index < -0.39 is 12.4 Å². The van der Waals surface area contributed by atoms with Crippen LogP contribution in [0.3, 0.4) is 0 Å². The van der Waals surface area contributed by atoms with Crippen LogP contribution < -0.4 is 5.32 Å². The van der Waals surface area contributed by atoms with E-state index in [-0.39, 0.29) is 24.2 Å². The van der Waals surface area contributed by atoms with E-state index in [2.05, 4.69) is 5.32 Å². The van der Waals surface area contributed by atoms with E-state index in [9.17, 15) is 4.79 Å². The lowest BCUT2D eigenvalue weighted by molar-refractivity contribution is -0.270. The Morgan fingerprint density at radius 2 is 1.71 bits per heavy atom. The summed E-state index contributed by atoms with van der Waals surface area (Å²) < 4.78 is 21.6. The Morgan fingerprint density at radius 1 is 1.12 bits per heavy atom. The van der Waals surface area contributed by atoms with Gasteiger partial charge in [0.1, 0.15) is 12.2 Å². The summed E-state index contributed by atoms with van der Waals surface area (Å²) in [6, 6.07) is -0.295. The fourth-order valence-electron chi connectivity index (χ4n) is 2.20. The van der Waals surface area contributed by atoms with Gasteiger partial charge in [-0.25, -0.2) is 0 Å². The molecule has 1 rings (SSSR count). The molecule has 0 aromatic heterocycles. The molecule has 0 radical (unpaired) electrons. The van der Waals surface area contributed by atoms with Crippen molar-refractivity contribution in [1.82, 2.24) is 5.32 Å². The third-order valence-electron chi connectivity index (χ3n) is 2.93. The summed E-state index contributed by atoms with van der Waals surface area (Å²) in [5.41, 5.74) is 0. The minimum Gasteiger partial charge on any atom is -0.377 e. The number of carbonyl (C=O) groups is 1. The van der Waals surface area contributed by atoms with E-state index >= 15 is 0 Å². The normalized spacial score (nSPS) is 37.8. The first kappa shape index (κ1) is 14.4. The van der Waals surface area contributed by atoms with Crippen molar-refractivity contribution in [3.05, 3.63) is 0 Å². The second-order valence-electron chi connectivity index (χ2n) is 4.07. The molecule has 1 heterocycles. The zero-order valence-corrected chi connectivity index (χ0v) is 10.9. The maximum Gasteiger partial charge on any atom is 0.217 e. The van der Waals surface area contributed by atoms with Gasteiger partial charge < -0.3 is 24.3 Å². The lowest BCUT2D eigenvalue weighted by atomic mass is 9.96. The minimum atomic E-state index is -0.516. The van der Waals surface area contributed by atoms with Gasteiger partial charge in [-0.05, 0) is 6.92 Å². The molecule has 5 unspecified atom stereocenters. The Labute approximate surface area is 102 Å². The van der Waals surface area contributed by atoms with Crippen LogP contribution in [-0.2, 0) is 23.7 Å². The molecule has 1 amide bonds. The van der Waals surface area contributed by atoms with Gasteiger partial charge in [0.25, 0.3) is 0 Å². The van der Waals surface area contributed by atoms with Crippen LogP contribution in [0.2, 0.25) is 0 Å². The highest BCUT2D eigenvalue weighted by Gasteiger charge is 2.45. The molecule has 1 N–H and O–H groups in total. The lowest BCUT2D eigenvalue weighted by Gasteiger charge is -2.44. The van der Waals surface area contributed by atoms with Crippen molar-refractivity contribution in [2.75, 3.05) is 21.3 Å². The fourth-order valence-corrected chi connectivity index (χ4v) is 2.20. The second kappa shape index (κ2) is 6.30. The quantitative estimate of drug-likeness (QED) is 0.752. The molecule has 0 saturated carbocycles. The number of rotatable bonds is 4. The van der Waals surface area contributed by atoms with Crippen LogP contribution in [0.1, 0.15) is 13.8 Å². The Balaban J connectivity index is 2.89. The molecule has 0 aromatic rings. The minimum absolute atomic E-state index is 0.136. The monoisotopic (exact) mass is 247 g/mol. The van der Waals surface area contributed by atoms with Gasteiger partial charge in [0.15, 0.2) is 6.29 Å². The van der Waals surface area contributed by atoms with E-state index in [1.807, 2.05) is 6.92 Å². The molecule has 0 aromatic carbocycles. The van der Waals surface area contributed by atoms with Crippen LogP contribution in [0.15, 0.2) is 0 Å². The molecule has 6 heteroatoms. The number of hydrogen-bond donors (Lipinski definition) is 1. The number of nitrogens with one attached hydrogen (secondary N) is 1. The van der Waals surface area contributed by atoms with E-state index in [4.69, 9.17) is 18.9 Å². The van der Waals surface area contributed by atoms with Gasteiger partial charge in [0, 0.05) is 28.3 Å². The van der Waals surface area contributed by atoms with Gasteiger partial charge in [0.05, 0.1) is 12.1 Å². The SMILES string of the molecule is COC1OC(C)C(OC)C(NC(C)=O)C1OC. The second-order valence-corrected chi connectivity index (χ2v) is 4.07. The first-order chi connectivity index (χ1) is 8.04. The molecular formula is C11H21NO5. The van der Waals surface area contributed by atoms with Crippen molar-refractivity contribution < 1.29 is 23.7 Å². The molecule has 0 aliphatic carbocycles. The molecule has 1 aliphatic rings. The smallest absolute Gasteiger partial charge is 0.217 e. The first-order valence-electron chi connectivity index (χ1n) is 5.56. The standard InChI is InChI=1S/C11H21NO5/c1-6-9(14-3)8(12-7(2)13)10(15-4)11(16-5)17-6/h6,8-11H,1-5H3,(H,12,13). The number of carbonyl (C=O) groups excluding carboxylic acids is 1. The fraction of sp³-hybridized carbons (Fsp3) is 0.909. The van der Waals surface area contributed by atoms with Crippen molar-refractivity contribution in [3.63, 3.8) is 0 Å².